The van der Waals surface area contributed by atoms with E-state index in [2.05, 4.69) is 4.98 Å². The van der Waals surface area contributed by atoms with Gasteiger partial charge in [-0.25, -0.2) is 4.98 Å². The molecule has 0 aliphatic rings. The Labute approximate surface area is 107 Å². The second-order valence-electron chi connectivity index (χ2n) is 3.14. The minimum Gasteiger partial charge on any atom is -0.258 e. The fraction of sp³-hybridized carbons (Fsp3) is 0.444. The summed E-state index contributed by atoms with van der Waals surface area (Å²) in [5.74, 6) is 0.523. The Hall–Kier alpha value is -0.520. The highest BCUT2D eigenvalue weighted by atomic mass is 35.5. The van der Waals surface area contributed by atoms with Crippen LogP contribution in [-0.2, 0) is 0 Å². The lowest BCUT2D eigenvalue weighted by molar-refractivity contribution is -0.388. The molecule has 1 unspecified atom stereocenters. The molecule has 1 rings (SSSR count). The fourth-order valence-corrected chi connectivity index (χ4v) is 2.63. The Bertz CT molecular complexity index is 390. The first-order valence-corrected chi connectivity index (χ1v) is 6.36. The van der Waals surface area contributed by atoms with Crippen LogP contribution in [0.4, 0.5) is 5.69 Å². The lowest BCUT2D eigenvalue weighted by atomic mass is 10.4. The van der Waals surface area contributed by atoms with Crippen molar-refractivity contribution in [3.05, 3.63) is 27.4 Å². The molecule has 88 valence electrons. The third-order valence-electron chi connectivity index (χ3n) is 1.82. The molecule has 1 atom stereocenters. The summed E-state index contributed by atoms with van der Waals surface area (Å²) in [7, 11) is 0. The summed E-state index contributed by atoms with van der Waals surface area (Å²) in [5.41, 5.74) is -0.0566. The number of rotatable bonds is 5. The average molecular weight is 281 g/mol. The van der Waals surface area contributed by atoms with Gasteiger partial charge in [-0.3, -0.25) is 10.1 Å². The third-order valence-corrected chi connectivity index (χ3v) is 3.42. The molecule has 0 saturated carbocycles. The lowest BCUT2D eigenvalue weighted by Gasteiger charge is -2.08. The Kier molecular flexibility index (Phi) is 5.31. The number of pyridine rings is 1. The Morgan fingerprint density at radius 3 is 2.94 bits per heavy atom. The minimum atomic E-state index is -0.478. The summed E-state index contributed by atoms with van der Waals surface area (Å²) in [6.45, 7) is 1.95. The maximum atomic E-state index is 10.8. The number of halogens is 2. The normalized spacial score (nSPS) is 12.4. The molecule has 0 amide bonds. The predicted molar refractivity (Wildman–Crippen MR) is 66.6 cm³/mol. The molecule has 0 spiro atoms. The standard InChI is InChI=1S/C9H10Cl2N2O2S/c1-6(2-3-10)16-9-8(13(14)15)4-7(11)5-12-9/h4-6H,2-3H2,1H3. The van der Waals surface area contributed by atoms with Gasteiger partial charge in [0.25, 0.3) is 0 Å². The maximum Gasteiger partial charge on any atom is 0.302 e. The zero-order chi connectivity index (χ0) is 12.1. The fourth-order valence-electron chi connectivity index (χ4n) is 1.04. The number of hydrogen-bond acceptors (Lipinski definition) is 4. The van der Waals surface area contributed by atoms with E-state index in [0.29, 0.717) is 10.9 Å². The Balaban J connectivity index is 2.90. The van der Waals surface area contributed by atoms with Crippen molar-refractivity contribution in [1.82, 2.24) is 4.98 Å². The molecular weight excluding hydrogens is 271 g/mol. The molecule has 7 heteroatoms. The van der Waals surface area contributed by atoms with E-state index in [1.54, 1.807) is 0 Å². The Morgan fingerprint density at radius 2 is 2.38 bits per heavy atom. The number of hydrogen-bond donors (Lipinski definition) is 0. The topological polar surface area (TPSA) is 56.0 Å². The van der Waals surface area contributed by atoms with Gasteiger partial charge in [-0.05, 0) is 6.42 Å². The molecule has 4 nitrogen and oxygen atoms in total. The highest BCUT2D eigenvalue weighted by Crippen LogP contribution is 2.32. The minimum absolute atomic E-state index is 0.0566. The van der Waals surface area contributed by atoms with Crippen LogP contribution in [0.15, 0.2) is 17.3 Å². The van der Waals surface area contributed by atoms with Crippen LogP contribution in [0.5, 0.6) is 0 Å². The van der Waals surface area contributed by atoms with Crippen LogP contribution in [0.2, 0.25) is 5.02 Å². The number of nitrogens with zero attached hydrogens (tertiary/aromatic N) is 2. The average Bonchev–Trinajstić information content (AvgIpc) is 2.20. The summed E-state index contributed by atoms with van der Waals surface area (Å²) in [5, 5.41) is 11.6. The Morgan fingerprint density at radius 1 is 1.69 bits per heavy atom. The van der Waals surface area contributed by atoms with Crippen molar-refractivity contribution in [2.45, 2.75) is 23.6 Å². The van der Waals surface area contributed by atoms with Gasteiger partial charge in [-0.15, -0.1) is 11.6 Å². The number of alkyl halides is 1. The van der Waals surface area contributed by atoms with E-state index in [1.165, 1.54) is 24.0 Å². The van der Waals surface area contributed by atoms with Crippen molar-refractivity contribution in [2.24, 2.45) is 0 Å². The van der Waals surface area contributed by atoms with Gasteiger partial charge < -0.3 is 0 Å². The van der Waals surface area contributed by atoms with Crippen LogP contribution in [0.1, 0.15) is 13.3 Å². The quantitative estimate of drug-likeness (QED) is 0.357. The van der Waals surface area contributed by atoms with Crippen molar-refractivity contribution < 1.29 is 4.92 Å². The van der Waals surface area contributed by atoms with Crippen molar-refractivity contribution in [3.8, 4) is 0 Å². The van der Waals surface area contributed by atoms with Crippen molar-refractivity contribution >= 4 is 40.7 Å². The monoisotopic (exact) mass is 280 g/mol. The molecular formula is C9H10Cl2N2O2S. The smallest absolute Gasteiger partial charge is 0.258 e. The molecule has 16 heavy (non-hydrogen) atoms. The summed E-state index contributed by atoms with van der Waals surface area (Å²) < 4.78 is 0. The van der Waals surface area contributed by atoms with E-state index in [1.807, 2.05) is 6.92 Å². The summed E-state index contributed by atoms with van der Waals surface area (Å²) in [6, 6.07) is 1.31. The number of nitro groups is 1. The molecule has 0 bridgehead atoms. The van der Waals surface area contributed by atoms with Crippen molar-refractivity contribution in [2.75, 3.05) is 5.88 Å². The first-order chi connectivity index (χ1) is 7.54. The van der Waals surface area contributed by atoms with Gasteiger partial charge in [0.2, 0.25) is 0 Å². The summed E-state index contributed by atoms with van der Waals surface area (Å²) >= 11 is 12.6. The SMILES string of the molecule is CC(CCCl)Sc1ncc(Cl)cc1[N+](=O)[O-]. The molecule has 0 aromatic carbocycles. The number of thioether (sulfide) groups is 1. The van der Waals surface area contributed by atoms with E-state index >= 15 is 0 Å². The lowest BCUT2D eigenvalue weighted by Crippen LogP contribution is -2.00. The second kappa shape index (κ2) is 6.27. The predicted octanol–water partition coefficient (Wildman–Crippen LogP) is 3.75. The van der Waals surface area contributed by atoms with Gasteiger partial charge in [-0.2, -0.15) is 0 Å². The van der Waals surface area contributed by atoms with E-state index in [9.17, 15) is 10.1 Å². The second-order valence-corrected chi connectivity index (χ2v) is 5.38. The van der Waals surface area contributed by atoms with Crippen LogP contribution in [0.3, 0.4) is 0 Å². The van der Waals surface area contributed by atoms with E-state index in [4.69, 9.17) is 23.2 Å². The highest BCUT2D eigenvalue weighted by molar-refractivity contribution is 8.00. The molecule has 0 fully saturated rings. The van der Waals surface area contributed by atoms with Crippen LogP contribution in [0.25, 0.3) is 0 Å². The van der Waals surface area contributed by atoms with Gasteiger partial charge in [0.1, 0.15) is 0 Å². The van der Waals surface area contributed by atoms with E-state index in [-0.39, 0.29) is 16.0 Å². The van der Waals surface area contributed by atoms with Gasteiger partial charge >= 0.3 is 5.69 Å². The van der Waals surface area contributed by atoms with Crippen molar-refractivity contribution in [1.29, 1.82) is 0 Å². The van der Waals surface area contributed by atoms with Crippen LogP contribution in [0, 0.1) is 10.1 Å². The zero-order valence-electron chi connectivity index (χ0n) is 8.52. The molecule has 1 aromatic heterocycles. The maximum absolute atomic E-state index is 10.8. The first kappa shape index (κ1) is 13.5. The molecule has 1 aromatic rings. The molecule has 0 aliphatic carbocycles. The molecule has 1 heterocycles. The highest BCUT2D eigenvalue weighted by Gasteiger charge is 2.18. The van der Waals surface area contributed by atoms with Crippen LogP contribution >= 0.6 is 35.0 Å². The molecule has 0 radical (unpaired) electrons. The summed E-state index contributed by atoms with van der Waals surface area (Å²) in [6.07, 6.45) is 2.18. The summed E-state index contributed by atoms with van der Waals surface area (Å²) in [4.78, 5) is 14.3. The van der Waals surface area contributed by atoms with E-state index < -0.39 is 4.92 Å². The molecule has 0 N–H and O–H groups in total. The van der Waals surface area contributed by atoms with Gasteiger partial charge in [-0.1, -0.05) is 30.3 Å². The van der Waals surface area contributed by atoms with Gasteiger partial charge in [0.05, 0.1) is 9.95 Å². The zero-order valence-corrected chi connectivity index (χ0v) is 10.8. The van der Waals surface area contributed by atoms with Crippen LogP contribution < -0.4 is 0 Å². The third kappa shape index (κ3) is 3.81. The molecule has 0 saturated heterocycles. The largest absolute Gasteiger partial charge is 0.302 e. The number of aromatic nitrogens is 1. The van der Waals surface area contributed by atoms with E-state index in [0.717, 1.165) is 6.42 Å². The van der Waals surface area contributed by atoms with Crippen molar-refractivity contribution in [3.63, 3.8) is 0 Å². The van der Waals surface area contributed by atoms with Gasteiger partial charge in [0.15, 0.2) is 5.03 Å². The first-order valence-electron chi connectivity index (χ1n) is 4.57. The molecule has 0 aliphatic heterocycles. The van der Waals surface area contributed by atoms with Crippen LogP contribution in [-0.4, -0.2) is 21.0 Å². The van der Waals surface area contributed by atoms with Gasteiger partial charge in [0, 0.05) is 23.4 Å².